The zero-order valence-electron chi connectivity index (χ0n) is 4.96. The maximum atomic E-state index is 5.29. The van der Waals surface area contributed by atoms with E-state index >= 15 is 0 Å². The van der Waals surface area contributed by atoms with Gasteiger partial charge in [0.1, 0.15) is 0 Å². The Morgan fingerprint density at radius 1 is 1.56 bits per heavy atom. The van der Waals surface area contributed by atoms with Crippen molar-refractivity contribution in [2.45, 2.75) is 5.60 Å². The molecule has 1 spiro atoms. The largest absolute Gasteiger partial charge is 0.452 e. The van der Waals surface area contributed by atoms with Crippen molar-refractivity contribution in [3.05, 3.63) is 0 Å². The predicted molar refractivity (Wildman–Crippen MR) is 31.1 cm³/mol. The van der Waals surface area contributed by atoms with Crippen molar-refractivity contribution >= 4 is 6.02 Å². The highest BCUT2D eigenvalue weighted by Gasteiger charge is 2.44. The number of amidine groups is 1. The SMILES string of the molecule is NC1=NCC2(COC2)O1. The quantitative estimate of drug-likeness (QED) is 0.460. The number of nitrogens with zero attached hydrogens (tertiary/aromatic N) is 1. The van der Waals surface area contributed by atoms with Crippen molar-refractivity contribution in [2.75, 3.05) is 19.8 Å². The highest BCUT2D eigenvalue weighted by molar-refractivity contribution is 5.73. The minimum atomic E-state index is -0.163. The van der Waals surface area contributed by atoms with Gasteiger partial charge in [0, 0.05) is 0 Å². The molecule has 9 heavy (non-hydrogen) atoms. The number of aliphatic imine (C=N–C) groups is 1. The monoisotopic (exact) mass is 128 g/mol. The van der Waals surface area contributed by atoms with Gasteiger partial charge >= 0.3 is 0 Å². The predicted octanol–water partition coefficient (Wildman–Crippen LogP) is -0.900. The Bertz CT molecular complexity index is 162. The van der Waals surface area contributed by atoms with E-state index in [0.717, 1.165) is 0 Å². The number of nitrogens with two attached hydrogens (primary N) is 1. The Balaban J connectivity index is 2.05. The zero-order valence-corrected chi connectivity index (χ0v) is 4.96. The highest BCUT2D eigenvalue weighted by Crippen LogP contribution is 2.25. The van der Waals surface area contributed by atoms with Crippen molar-refractivity contribution in [2.24, 2.45) is 10.7 Å². The average molecular weight is 128 g/mol. The standard InChI is InChI=1S/C5H8N2O2/c6-4-7-1-5(9-4)2-8-3-5/h1-3H2,(H2,6,7). The highest BCUT2D eigenvalue weighted by atomic mass is 16.6. The normalized spacial score (nSPS) is 29.1. The van der Waals surface area contributed by atoms with Crippen LogP contribution in [0.15, 0.2) is 4.99 Å². The summed E-state index contributed by atoms with van der Waals surface area (Å²) >= 11 is 0. The third kappa shape index (κ3) is 0.595. The first-order valence-corrected chi connectivity index (χ1v) is 2.87. The fraction of sp³-hybridized carbons (Fsp3) is 0.800. The van der Waals surface area contributed by atoms with Crippen molar-refractivity contribution in [1.29, 1.82) is 0 Å². The zero-order chi connectivity index (χ0) is 6.32. The Hall–Kier alpha value is -0.770. The molecule has 4 heteroatoms. The molecular weight excluding hydrogens is 120 g/mol. The van der Waals surface area contributed by atoms with Crippen LogP contribution >= 0.6 is 0 Å². The second kappa shape index (κ2) is 1.39. The summed E-state index contributed by atoms with van der Waals surface area (Å²) in [7, 11) is 0. The molecule has 1 saturated heterocycles. The molecule has 50 valence electrons. The summed E-state index contributed by atoms with van der Waals surface area (Å²) in [4.78, 5) is 3.90. The molecule has 0 aromatic heterocycles. The van der Waals surface area contributed by atoms with Crippen LogP contribution in [0.2, 0.25) is 0 Å². The Morgan fingerprint density at radius 2 is 2.33 bits per heavy atom. The van der Waals surface area contributed by atoms with Gasteiger partial charge in [0.05, 0.1) is 19.8 Å². The molecule has 2 N–H and O–H groups in total. The minimum Gasteiger partial charge on any atom is -0.452 e. The summed E-state index contributed by atoms with van der Waals surface area (Å²) in [6.07, 6.45) is 0. The van der Waals surface area contributed by atoms with Crippen LogP contribution in [0.25, 0.3) is 0 Å². The topological polar surface area (TPSA) is 56.8 Å². The van der Waals surface area contributed by atoms with Gasteiger partial charge in [-0.1, -0.05) is 0 Å². The number of ether oxygens (including phenoxy) is 2. The van der Waals surface area contributed by atoms with E-state index in [4.69, 9.17) is 15.2 Å². The molecule has 0 amide bonds. The van der Waals surface area contributed by atoms with E-state index in [0.29, 0.717) is 25.8 Å². The molecule has 1 fully saturated rings. The number of rotatable bonds is 0. The molecule has 2 aliphatic rings. The summed E-state index contributed by atoms with van der Waals surface area (Å²) in [6, 6.07) is 0.304. The fourth-order valence-electron chi connectivity index (χ4n) is 0.988. The van der Waals surface area contributed by atoms with Crippen LogP contribution in [0.3, 0.4) is 0 Å². The van der Waals surface area contributed by atoms with Crippen LogP contribution in [-0.4, -0.2) is 31.4 Å². The second-order valence-corrected chi connectivity index (χ2v) is 2.43. The van der Waals surface area contributed by atoms with Gasteiger partial charge in [0.15, 0.2) is 5.60 Å². The van der Waals surface area contributed by atoms with Gasteiger partial charge in [-0.05, 0) is 0 Å². The van der Waals surface area contributed by atoms with Crippen molar-refractivity contribution in [1.82, 2.24) is 0 Å². The van der Waals surface area contributed by atoms with Crippen LogP contribution < -0.4 is 5.73 Å². The van der Waals surface area contributed by atoms with Crippen LogP contribution in [0.4, 0.5) is 0 Å². The van der Waals surface area contributed by atoms with Gasteiger partial charge in [-0.2, -0.15) is 0 Å². The first kappa shape index (κ1) is 5.05. The lowest BCUT2D eigenvalue weighted by Crippen LogP contribution is -2.53. The maximum Gasteiger partial charge on any atom is 0.282 e. The van der Waals surface area contributed by atoms with E-state index < -0.39 is 0 Å². The van der Waals surface area contributed by atoms with Crippen molar-refractivity contribution in [3.8, 4) is 0 Å². The summed E-state index contributed by atoms with van der Waals surface area (Å²) in [5, 5.41) is 0. The van der Waals surface area contributed by atoms with Gasteiger partial charge in [-0.3, -0.25) is 0 Å². The molecule has 2 rings (SSSR count). The van der Waals surface area contributed by atoms with Crippen molar-refractivity contribution < 1.29 is 9.47 Å². The van der Waals surface area contributed by atoms with E-state index in [-0.39, 0.29) is 5.60 Å². The van der Waals surface area contributed by atoms with Gasteiger partial charge in [0.2, 0.25) is 0 Å². The average Bonchev–Trinajstić information content (AvgIpc) is 2.09. The summed E-state index contributed by atoms with van der Waals surface area (Å²) in [5.74, 6) is 0. The van der Waals surface area contributed by atoms with Crippen LogP contribution in [0, 0.1) is 0 Å². The third-order valence-corrected chi connectivity index (χ3v) is 1.57. The van der Waals surface area contributed by atoms with E-state index in [2.05, 4.69) is 4.99 Å². The third-order valence-electron chi connectivity index (χ3n) is 1.57. The Kier molecular flexibility index (Phi) is 0.778. The molecule has 0 bridgehead atoms. The molecule has 0 unspecified atom stereocenters. The lowest BCUT2D eigenvalue weighted by molar-refractivity contribution is -0.152. The maximum absolute atomic E-state index is 5.29. The molecular formula is C5H8N2O2. The molecule has 0 aliphatic carbocycles. The van der Waals surface area contributed by atoms with E-state index in [1.54, 1.807) is 0 Å². The fourth-order valence-corrected chi connectivity index (χ4v) is 0.988. The lowest BCUT2D eigenvalue weighted by atomic mass is 10.0. The molecule has 0 atom stereocenters. The number of hydrogen-bond donors (Lipinski definition) is 1. The van der Waals surface area contributed by atoms with Gasteiger partial charge in [-0.25, -0.2) is 4.99 Å². The first-order chi connectivity index (χ1) is 4.31. The van der Waals surface area contributed by atoms with Crippen molar-refractivity contribution in [3.63, 3.8) is 0 Å². The molecule has 0 aromatic carbocycles. The second-order valence-electron chi connectivity index (χ2n) is 2.43. The lowest BCUT2D eigenvalue weighted by Gasteiger charge is -2.35. The molecule has 0 saturated carbocycles. The Labute approximate surface area is 52.6 Å². The summed E-state index contributed by atoms with van der Waals surface area (Å²) in [6.45, 7) is 1.94. The molecule has 4 nitrogen and oxygen atoms in total. The molecule has 2 heterocycles. The minimum absolute atomic E-state index is 0.163. The molecule has 2 aliphatic heterocycles. The Morgan fingerprint density at radius 3 is 2.56 bits per heavy atom. The number of hydrogen-bond acceptors (Lipinski definition) is 4. The summed E-state index contributed by atoms with van der Waals surface area (Å²) < 4.78 is 10.1. The first-order valence-electron chi connectivity index (χ1n) is 2.87. The molecule has 0 radical (unpaired) electrons. The van der Waals surface area contributed by atoms with Gasteiger partial charge in [-0.15, -0.1) is 0 Å². The smallest absolute Gasteiger partial charge is 0.282 e. The van der Waals surface area contributed by atoms with E-state index in [1.807, 2.05) is 0 Å². The van der Waals surface area contributed by atoms with Crippen LogP contribution in [0.5, 0.6) is 0 Å². The van der Waals surface area contributed by atoms with E-state index in [9.17, 15) is 0 Å². The summed E-state index contributed by atoms with van der Waals surface area (Å²) in [5.41, 5.74) is 5.13. The van der Waals surface area contributed by atoms with E-state index in [1.165, 1.54) is 0 Å². The molecule has 0 aromatic rings. The van der Waals surface area contributed by atoms with Crippen LogP contribution in [0.1, 0.15) is 0 Å². The van der Waals surface area contributed by atoms with Crippen LogP contribution in [-0.2, 0) is 9.47 Å². The van der Waals surface area contributed by atoms with Gasteiger partial charge < -0.3 is 15.2 Å². The van der Waals surface area contributed by atoms with Gasteiger partial charge in [0.25, 0.3) is 6.02 Å².